The second-order valence-electron chi connectivity index (χ2n) is 13.3. The quantitative estimate of drug-likeness (QED) is 0.188. The molecule has 47 heavy (non-hydrogen) atoms. The number of rotatable bonds is 7. The largest absolute Gasteiger partial charge is 0.475 e. The Bertz CT molecular complexity index is 2000. The molecule has 4 saturated heterocycles. The summed E-state index contributed by atoms with van der Waals surface area (Å²) in [5, 5.41) is 14.0. The van der Waals surface area contributed by atoms with Crippen LogP contribution in [-0.4, -0.2) is 71.1 Å². The molecule has 0 bridgehead atoms. The van der Waals surface area contributed by atoms with Crippen LogP contribution in [0.4, 0.5) is 10.1 Å². The van der Waals surface area contributed by atoms with E-state index in [9.17, 15) is 14.4 Å². The molecule has 1 amide bonds. The Balaban J connectivity index is 1.28. The maximum absolute atomic E-state index is 13.9. The molecule has 0 aliphatic carbocycles. The number of aromatic nitrogens is 1. The Hall–Kier alpha value is -3.90. The van der Waals surface area contributed by atoms with Gasteiger partial charge in [0.05, 0.1) is 46.9 Å². The fourth-order valence-corrected chi connectivity index (χ4v) is 9.19. The number of halogens is 3. The van der Waals surface area contributed by atoms with Crippen molar-refractivity contribution in [1.82, 2.24) is 14.8 Å². The molecule has 10 heteroatoms. The van der Waals surface area contributed by atoms with E-state index in [1.54, 1.807) is 4.90 Å². The summed E-state index contributed by atoms with van der Waals surface area (Å²) >= 11 is 13.9. The average molecular weight is 671 g/mol. The number of benzene rings is 3. The van der Waals surface area contributed by atoms with Crippen molar-refractivity contribution in [2.75, 3.05) is 37.7 Å². The van der Waals surface area contributed by atoms with Gasteiger partial charge in [-0.15, -0.1) is 0 Å². The number of carbonyl (C=O) groups is 1. The number of ether oxygens (including phenoxy) is 1. The fraction of sp³-hybridized carbons (Fsp3) is 0.378. The third-order valence-corrected chi connectivity index (χ3v) is 11.5. The minimum absolute atomic E-state index is 0.00546. The molecule has 1 aromatic heterocycles. The Kier molecular flexibility index (Phi) is 7.55. The lowest BCUT2D eigenvalue weighted by Gasteiger charge is -2.49. The van der Waals surface area contributed by atoms with Gasteiger partial charge in [0, 0.05) is 39.5 Å². The summed E-state index contributed by atoms with van der Waals surface area (Å²) in [5.74, 6) is -1.14. The summed E-state index contributed by atoms with van der Waals surface area (Å²) < 4.78 is 20.6. The van der Waals surface area contributed by atoms with Crippen LogP contribution in [0.25, 0.3) is 32.8 Å². The summed E-state index contributed by atoms with van der Waals surface area (Å²) in [7, 11) is 0. The minimum Gasteiger partial charge on any atom is -0.475 e. The van der Waals surface area contributed by atoms with Crippen molar-refractivity contribution in [3.8, 4) is 23.1 Å². The Morgan fingerprint density at radius 3 is 2.57 bits per heavy atom. The van der Waals surface area contributed by atoms with Crippen LogP contribution >= 0.6 is 23.2 Å². The lowest BCUT2D eigenvalue weighted by molar-refractivity contribution is -0.130. The Morgan fingerprint density at radius 1 is 1.06 bits per heavy atom. The lowest BCUT2D eigenvalue weighted by atomic mass is 9.91. The highest BCUT2D eigenvalue weighted by molar-refractivity contribution is 6.38. The van der Waals surface area contributed by atoms with E-state index in [0.717, 1.165) is 71.7 Å². The van der Waals surface area contributed by atoms with Crippen LogP contribution in [-0.2, 0) is 11.2 Å². The number of likely N-dealkylation sites (tertiary alicyclic amines) is 1. The van der Waals surface area contributed by atoms with E-state index in [1.165, 1.54) is 0 Å². The zero-order chi connectivity index (χ0) is 32.4. The van der Waals surface area contributed by atoms with Crippen LogP contribution in [0.2, 0.25) is 10.0 Å². The second kappa shape index (κ2) is 11.7. The van der Waals surface area contributed by atoms with Crippen LogP contribution in [0.1, 0.15) is 37.7 Å². The molecule has 0 radical (unpaired) electrons. The van der Waals surface area contributed by atoms with Gasteiger partial charge in [0.15, 0.2) is 5.83 Å². The number of nitriles is 1. The molecule has 4 fully saturated rings. The zero-order valence-electron chi connectivity index (χ0n) is 25.9. The van der Waals surface area contributed by atoms with Gasteiger partial charge in [-0.05, 0) is 74.3 Å². The molecule has 8 rings (SSSR count). The van der Waals surface area contributed by atoms with Crippen molar-refractivity contribution in [1.29, 1.82) is 5.26 Å². The van der Waals surface area contributed by atoms with Crippen molar-refractivity contribution in [2.24, 2.45) is 0 Å². The van der Waals surface area contributed by atoms with Gasteiger partial charge in [-0.25, -0.2) is 9.37 Å². The molecule has 4 aromatic rings. The highest BCUT2D eigenvalue weighted by Crippen LogP contribution is 2.48. The summed E-state index contributed by atoms with van der Waals surface area (Å²) in [6.45, 7) is 6.85. The van der Waals surface area contributed by atoms with Crippen molar-refractivity contribution in [2.45, 2.75) is 56.1 Å². The van der Waals surface area contributed by atoms with Crippen molar-refractivity contribution in [3.63, 3.8) is 0 Å². The third kappa shape index (κ3) is 4.85. The molecule has 3 aromatic carbocycles. The normalized spacial score (nSPS) is 21.5. The fourth-order valence-electron chi connectivity index (χ4n) is 8.65. The number of carbonyl (C=O) groups excluding carboxylic acids is 1. The number of pyridine rings is 1. The van der Waals surface area contributed by atoms with Crippen molar-refractivity contribution in [3.05, 3.63) is 76.5 Å². The number of fused-ring (bicyclic) bond motifs is 4. The Labute approximate surface area is 283 Å². The smallest absolute Gasteiger partial charge is 0.282 e. The monoisotopic (exact) mass is 669 g/mol. The van der Waals surface area contributed by atoms with Gasteiger partial charge in [0.25, 0.3) is 5.91 Å². The van der Waals surface area contributed by atoms with Gasteiger partial charge >= 0.3 is 0 Å². The van der Waals surface area contributed by atoms with E-state index < -0.39 is 11.7 Å². The van der Waals surface area contributed by atoms with E-state index in [2.05, 4.69) is 22.4 Å². The second-order valence-corrected chi connectivity index (χ2v) is 14.1. The van der Waals surface area contributed by atoms with Crippen LogP contribution < -0.4 is 9.64 Å². The molecule has 0 unspecified atom stereocenters. The molecule has 0 saturated carbocycles. The van der Waals surface area contributed by atoms with Gasteiger partial charge in [-0.3, -0.25) is 9.69 Å². The average Bonchev–Trinajstić information content (AvgIpc) is 3.73. The first-order chi connectivity index (χ1) is 22.8. The third-order valence-electron chi connectivity index (χ3n) is 10.9. The van der Waals surface area contributed by atoms with E-state index in [4.69, 9.17) is 32.9 Å². The Morgan fingerprint density at radius 2 is 1.83 bits per heavy atom. The van der Waals surface area contributed by atoms with Crippen LogP contribution in [0, 0.1) is 11.3 Å². The molecule has 0 spiro atoms. The van der Waals surface area contributed by atoms with Crippen molar-refractivity contribution >= 4 is 56.5 Å². The first kappa shape index (κ1) is 30.4. The predicted octanol–water partition coefficient (Wildman–Crippen LogP) is 7.71. The lowest BCUT2D eigenvalue weighted by Crippen LogP contribution is -2.63. The molecule has 2 atom stereocenters. The molecular formula is C37H34Cl2FN5O2. The summed E-state index contributed by atoms with van der Waals surface area (Å²) in [5.41, 5.74) is 3.95. The SMILES string of the molecule is C=C(F)C(=O)N1CC[C@@H]2[C@H]1CN2c1c(CC#N)c(OCC23CCCN2CCC3)nc2cc(-c3cccc4cccc(Cl)c34)c(Cl)cc12. The number of hydrogen-bond donors (Lipinski definition) is 0. The molecule has 4 aliphatic heterocycles. The minimum atomic E-state index is -0.945. The predicted molar refractivity (Wildman–Crippen MR) is 184 cm³/mol. The van der Waals surface area contributed by atoms with E-state index in [0.29, 0.717) is 53.1 Å². The summed E-state index contributed by atoms with van der Waals surface area (Å²) in [4.78, 5) is 24.0. The molecule has 7 nitrogen and oxygen atoms in total. The molecule has 4 aliphatic rings. The maximum atomic E-state index is 13.9. The van der Waals surface area contributed by atoms with E-state index in [1.807, 2.05) is 48.5 Å². The number of nitrogens with zero attached hydrogens (tertiary/aromatic N) is 5. The number of amides is 1. The highest BCUT2D eigenvalue weighted by Gasteiger charge is 2.50. The van der Waals surface area contributed by atoms with Gasteiger partial charge in [-0.2, -0.15) is 5.26 Å². The van der Waals surface area contributed by atoms with Gasteiger partial charge < -0.3 is 14.5 Å². The first-order valence-corrected chi connectivity index (χ1v) is 17.1. The topological polar surface area (TPSA) is 72.7 Å². The standard InChI is InChI=1S/C37H34Cl2FN5O2/c1-22(40)36(46)44-17-11-31-32(44)20-45(31)34-25(10-14-41)35(47-21-37-12-4-15-43(37)16-5-13-37)42-30-19-26(29(39)18-27(30)34)24-8-2-6-23-7-3-9-28(38)33(23)24/h2-3,6-9,18-19,31-32H,1,4-5,10-13,15-17,20-21H2/t31-,32-/m1/s1. The van der Waals surface area contributed by atoms with Crippen molar-refractivity contribution < 1.29 is 13.9 Å². The molecule has 5 heterocycles. The van der Waals surface area contributed by atoms with Crippen LogP contribution in [0.3, 0.4) is 0 Å². The summed E-state index contributed by atoms with van der Waals surface area (Å²) in [6.07, 6.45) is 5.24. The zero-order valence-corrected chi connectivity index (χ0v) is 27.5. The first-order valence-electron chi connectivity index (χ1n) is 16.3. The van der Waals surface area contributed by atoms with E-state index in [-0.39, 0.29) is 24.0 Å². The summed E-state index contributed by atoms with van der Waals surface area (Å²) in [6, 6.07) is 18.0. The van der Waals surface area contributed by atoms with Gasteiger partial charge in [0.1, 0.15) is 6.61 Å². The molecule has 0 N–H and O–H groups in total. The van der Waals surface area contributed by atoms with Crippen LogP contribution in [0.5, 0.6) is 5.88 Å². The number of hydrogen-bond acceptors (Lipinski definition) is 6. The van der Waals surface area contributed by atoms with Gasteiger partial charge in [0.2, 0.25) is 5.88 Å². The van der Waals surface area contributed by atoms with Gasteiger partial charge in [-0.1, -0.05) is 60.1 Å². The maximum Gasteiger partial charge on any atom is 0.282 e. The molecular weight excluding hydrogens is 636 g/mol. The number of anilines is 1. The van der Waals surface area contributed by atoms with Crippen LogP contribution in [0.15, 0.2) is 60.9 Å². The molecule has 240 valence electrons. The highest BCUT2D eigenvalue weighted by atomic mass is 35.5. The van der Waals surface area contributed by atoms with E-state index >= 15 is 0 Å².